The standard InChI is InChI=1S/C12H9ClN2O3/c13-9-4-1-3-8(7-9)11(16)14-15-12(17)10-5-2-6-18-10/h1-7H,(H,14,16)(H,15,17). The monoisotopic (exact) mass is 264 g/mol. The van der Waals surface area contributed by atoms with Crippen LogP contribution in [0.4, 0.5) is 0 Å². The molecule has 0 aliphatic rings. The molecule has 0 aliphatic carbocycles. The Morgan fingerprint density at radius 2 is 1.83 bits per heavy atom. The van der Waals surface area contributed by atoms with Crippen molar-refractivity contribution in [3.8, 4) is 0 Å². The average molecular weight is 265 g/mol. The molecule has 2 rings (SSSR count). The third kappa shape index (κ3) is 2.89. The van der Waals surface area contributed by atoms with Crippen molar-refractivity contribution >= 4 is 23.4 Å². The third-order valence-corrected chi connectivity index (χ3v) is 2.36. The first kappa shape index (κ1) is 12.2. The number of nitrogens with one attached hydrogen (secondary N) is 2. The molecular weight excluding hydrogens is 256 g/mol. The second-order valence-electron chi connectivity index (χ2n) is 3.40. The third-order valence-electron chi connectivity index (χ3n) is 2.12. The predicted octanol–water partition coefficient (Wildman–Crippen LogP) is 2.01. The lowest BCUT2D eigenvalue weighted by atomic mass is 10.2. The highest BCUT2D eigenvalue weighted by molar-refractivity contribution is 6.30. The number of hydrogen-bond donors (Lipinski definition) is 2. The molecule has 92 valence electrons. The van der Waals surface area contributed by atoms with Crippen LogP contribution in [0, 0.1) is 0 Å². The Labute approximate surface area is 108 Å². The summed E-state index contributed by atoms with van der Waals surface area (Å²) < 4.78 is 4.87. The molecular formula is C12H9ClN2O3. The van der Waals surface area contributed by atoms with Gasteiger partial charge in [-0.05, 0) is 30.3 Å². The van der Waals surface area contributed by atoms with Crippen LogP contribution in [0.5, 0.6) is 0 Å². The van der Waals surface area contributed by atoms with Crippen molar-refractivity contribution in [3.05, 3.63) is 59.0 Å². The van der Waals surface area contributed by atoms with E-state index in [1.54, 1.807) is 24.3 Å². The Hall–Kier alpha value is -2.27. The van der Waals surface area contributed by atoms with E-state index in [9.17, 15) is 9.59 Å². The number of benzene rings is 1. The Kier molecular flexibility index (Phi) is 3.64. The molecule has 1 aromatic heterocycles. The minimum Gasteiger partial charge on any atom is -0.459 e. The van der Waals surface area contributed by atoms with Crippen molar-refractivity contribution in [2.24, 2.45) is 0 Å². The van der Waals surface area contributed by atoms with Crippen LogP contribution in [0.15, 0.2) is 47.1 Å². The minimum absolute atomic E-state index is 0.112. The number of halogens is 1. The average Bonchev–Trinajstić information content (AvgIpc) is 2.89. The van der Waals surface area contributed by atoms with Gasteiger partial charge in [-0.2, -0.15) is 0 Å². The van der Waals surface area contributed by atoms with Crippen LogP contribution in [-0.2, 0) is 0 Å². The molecule has 0 radical (unpaired) electrons. The van der Waals surface area contributed by atoms with Gasteiger partial charge in [-0.15, -0.1) is 0 Å². The van der Waals surface area contributed by atoms with Crippen molar-refractivity contribution in [1.29, 1.82) is 0 Å². The molecule has 5 nitrogen and oxygen atoms in total. The fourth-order valence-corrected chi connectivity index (χ4v) is 1.48. The Bertz CT molecular complexity index is 566. The van der Waals surface area contributed by atoms with Gasteiger partial charge in [-0.1, -0.05) is 17.7 Å². The zero-order chi connectivity index (χ0) is 13.0. The van der Waals surface area contributed by atoms with Crippen molar-refractivity contribution < 1.29 is 14.0 Å². The molecule has 0 bridgehead atoms. The van der Waals surface area contributed by atoms with E-state index in [4.69, 9.17) is 16.0 Å². The lowest BCUT2D eigenvalue weighted by Crippen LogP contribution is -2.41. The molecule has 6 heteroatoms. The molecule has 2 amide bonds. The summed E-state index contributed by atoms with van der Waals surface area (Å²) in [6.45, 7) is 0. The highest BCUT2D eigenvalue weighted by atomic mass is 35.5. The van der Waals surface area contributed by atoms with Crippen LogP contribution in [0.1, 0.15) is 20.9 Å². The van der Waals surface area contributed by atoms with E-state index < -0.39 is 11.8 Å². The predicted molar refractivity (Wildman–Crippen MR) is 65.1 cm³/mol. The molecule has 2 aromatic rings. The maximum Gasteiger partial charge on any atom is 0.305 e. The van der Waals surface area contributed by atoms with E-state index in [0.29, 0.717) is 10.6 Å². The maximum atomic E-state index is 11.7. The highest BCUT2D eigenvalue weighted by Crippen LogP contribution is 2.10. The zero-order valence-corrected chi connectivity index (χ0v) is 9.90. The molecule has 0 spiro atoms. The van der Waals surface area contributed by atoms with Gasteiger partial charge >= 0.3 is 5.91 Å². The van der Waals surface area contributed by atoms with Gasteiger partial charge in [0.25, 0.3) is 5.91 Å². The summed E-state index contributed by atoms with van der Waals surface area (Å²) >= 11 is 5.75. The topological polar surface area (TPSA) is 71.3 Å². The number of furan rings is 1. The van der Waals surface area contributed by atoms with Gasteiger partial charge in [0.15, 0.2) is 5.76 Å². The largest absolute Gasteiger partial charge is 0.459 e. The molecule has 0 fully saturated rings. The molecule has 1 aromatic carbocycles. The van der Waals surface area contributed by atoms with Gasteiger partial charge in [0, 0.05) is 10.6 Å². The molecule has 0 atom stereocenters. The summed E-state index contributed by atoms with van der Waals surface area (Å²) in [6.07, 6.45) is 1.37. The SMILES string of the molecule is O=C(NNC(=O)c1ccco1)c1cccc(Cl)c1. The Morgan fingerprint density at radius 1 is 1.06 bits per heavy atom. The molecule has 0 aliphatic heterocycles. The molecule has 2 N–H and O–H groups in total. The maximum absolute atomic E-state index is 11.7. The van der Waals surface area contributed by atoms with Crippen molar-refractivity contribution in [3.63, 3.8) is 0 Å². The van der Waals surface area contributed by atoms with Crippen molar-refractivity contribution in [2.75, 3.05) is 0 Å². The highest BCUT2D eigenvalue weighted by Gasteiger charge is 2.10. The fraction of sp³-hybridized carbons (Fsp3) is 0. The lowest BCUT2D eigenvalue weighted by molar-refractivity contribution is 0.0831. The fourth-order valence-electron chi connectivity index (χ4n) is 1.28. The quantitative estimate of drug-likeness (QED) is 0.815. The van der Waals surface area contributed by atoms with E-state index in [1.165, 1.54) is 18.4 Å². The van der Waals surface area contributed by atoms with Gasteiger partial charge in [0.1, 0.15) is 0 Å². The normalized spacial score (nSPS) is 9.83. The van der Waals surface area contributed by atoms with Crippen LogP contribution in [-0.4, -0.2) is 11.8 Å². The number of carbonyl (C=O) groups is 2. The number of hydrogen-bond acceptors (Lipinski definition) is 3. The summed E-state index contributed by atoms with van der Waals surface area (Å²) in [5.74, 6) is -0.880. The Morgan fingerprint density at radius 3 is 2.50 bits per heavy atom. The van der Waals surface area contributed by atoms with Gasteiger partial charge in [-0.3, -0.25) is 20.4 Å². The smallest absolute Gasteiger partial charge is 0.305 e. The van der Waals surface area contributed by atoms with E-state index in [1.807, 2.05) is 0 Å². The first-order valence-corrected chi connectivity index (χ1v) is 5.44. The van der Waals surface area contributed by atoms with Gasteiger partial charge in [-0.25, -0.2) is 0 Å². The summed E-state index contributed by atoms with van der Waals surface area (Å²) in [6, 6.07) is 9.44. The first-order valence-electron chi connectivity index (χ1n) is 5.06. The molecule has 0 saturated heterocycles. The second kappa shape index (κ2) is 5.37. The van der Waals surface area contributed by atoms with Crippen LogP contribution in [0.25, 0.3) is 0 Å². The zero-order valence-electron chi connectivity index (χ0n) is 9.14. The lowest BCUT2D eigenvalue weighted by Gasteiger charge is -2.05. The van der Waals surface area contributed by atoms with Gasteiger partial charge in [0.05, 0.1) is 6.26 Å². The minimum atomic E-state index is -0.532. The van der Waals surface area contributed by atoms with Crippen molar-refractivity contribution in [2.45, 2.75) is 0 Å². The van der Waals surface area contributed by atoms with Crippen LogP contribution < -0.4 is 10.9 Å². The summed E-state index contributed by atoms with van der Waals surface area (Å²) in [7, 11) is 0. The summed E-state index contributed by atoms with van der Waals surface area (Å²) in [4.78, 5) is 23.1. The van der Waals surface area contributed by atoms with Gasteiger partial charge < -0.3 is 4.42 Å². The van der Waals surface area contributed by atoms with Crippen molar-refractivity contribution in [1.82, 2.24) is 10.9 Å². The van der Waals surface area contributed by atoms with E-state index in [2.05, 4.69) is 10.9 Å². The molecule has 0 saturated carbocycles. The number of amides is 2. The van der Waals surface area contributed by atoms with Crippen LogP contribution >= 0.6 is 11.6 Å². The number of carbonyl (C=O) groups excluding carboxylic acids is 2. The molecule has 1 heterocycles. The van der Waals surface area contributed by atoms with E-state index >= 15 is 0 Å². The molecule has 0 unspecified atom stereocenters. The Balaban J connectivity index is 1.95. The summed E-state index contributed by atoms with van der Waals surface area (Å²) in [5.41, 5.74) is 4.83. The first-order chi connectivity index (χ1) is 8.66. The van der Waals surface area contributed by atoms with Gasteiger partial charge in [0.2, 0.25) is 0 Å². The van der Waals surface area contributed by atoms with Crippen LogP contribution in [0.2, 0.25) is 5.02 Å². The molecule has 18 heavy (non-hydrogen) atoms. The van der Waals surface area contributed by atoms with Crippen LogP contribution in [0.3, 0.4) is 0 Å². The number of hydrazine groups is 1. The van der Waals surface area contributed by atoms with E-state index in [0.717, 1.165) is 0 Å². The summed E-state index contributed by atoms with van der Waals surface area (Å²) in [5, 5.41) is 0.444. The van der Waals surface area contributed by atoms with E-state index in [-0.39, 0.29) is 5.76 Å². The second-order valence-corrected chi connectivity index (χ2v) is 3.83. The number of rotatable bonds is 2.